The number of benzene rings is 3. The van der Waals surface area contributed by atoms with Crippen molar-refractivity contribution in [2.75, 3.05) is 5.32 Å². The summed E-state index contributed by atoms with van der Waals surface area (Å²) in [4.78, 5) is 23.7. The molecule has 0 aromatic heterocycles. The van der Waals surface area contributed by atoms with Crippen molar-refractivity contribution in [1.29, 1.82) is 0 Å². The van der Waals surface area contributed by atoms with Crippen LogP contribution in [0, 0.1) is 5.82 Å². The van der Waals surface area contributed by atoms with Gasteiger partial charge in [-0.1, -0.05) is 54.6 Å². The molecule has 172 valence electrons. The summed E-state index contributed by atoms with van der Waals surface area (Å²) < 4.78 is 42.1. The summed E-state index contributed by atoms with van der Waals surface area (Å²) in [7, 11) is -4.29. The summed E-state index contributed by atoms with van der Waals surface area (Å²) in [5, 5.41) is 5.38. The van der Waals surface area contributed by atoms with Gasteiger partial charge in [0.15, 0.2) is 0 Å². The van der Waals surface area contributed by atoms with E-state index in [9.17, 15) is 22.4 Å². The van der Waals surface area contributed by atoms with Crippen LogP contribution in [-0.2, 0) is 32.6 Å². The number of hydrogen-bond donors (Lipinski definition) is 3. The molecule has 33 heavy (non-hydrogen) atoms. The Morgan fingerprint density at radius 3 is 2.27 bits per heavy atom. The van der Waals surface area contributed by atoms with Crippen molar-refractivity contribution < 1.29 is 22.4 Å². The van der Waals surface area contributed by atoms with Crippen LogP contribution in [0.25, 0.3) is 0 Å². The molecule has 9 heteroatoms. The molecule has 1 atom stereocenters. The van der Waals surface area contributed by atoms with Crippen molar-refractivity contribution >= 4 is 27.5 Å². The third-order valence-corrected chi connectivity index (χ3v) is 6.24. The van der Waals surface area contributed by atoms with Crippen LogP contribution in [-0.4, -0.2) is 26.3 Å². The van der Waals surface area contributed by atoms with Crippen LogP contribution in [0.3, 0.4) is 0 Å². The molecule has 0 spiro atoms. The van der Waals surface area contributed by atoms with Crippen LogP contribution in [0.5, 0.6) is 0 Å². The van der Waals surface area contributed by atoms with Crippen LogP contribution in [0.2, 0.25) is 0 Å². The van der Waals surface area contributed by atoms with Crippen molar-refractivity contribution in [2.24, 2.45) is 0 Å². The molecule has 3 aromatic rings. The van der Waals surface area contributed by atoms with Gasteiger partial charge in [0.25, 0.3) is 0 Å². The third kappa shape index (κ3) is 6.96. The number of hydrogen-bond acceptors (Lipinski definition) is 4. The molecule has 2 amide bonds. The minimum absolute atomic E-state index is 0.0757. The lowest BCUT2D eigenvalue weighted by Crippen LogP contribution is -2.47. The maximum absolute atomic E-state index is 14.1. The fourth-order valence-corrected chi connectivity index (χ4v) is 4.50. The Bertz CT molecular complexity index is 1230. The van der Waals surface area contributed by atoms with E-state index >= 15 is 0 Å². The molecule has 0 heterocycles. The second kappa shape index (κ2) is 10.8. The predicted octanol–water partition coefficient (Wildman–Crippen LogP) is 2.99. The zero-order valence-electron chi connectivity index (χ0n) is 17.9. The molecule has 3 aromatic carbocycles. The average Bonchev–Trinajstić information content (AvgIpc) is 2.77. The topological polar surface area (TPSA) is 104 Å². The Balaban J connectivity index is 1.78. The highest BCUT2D eigenvalue weighted by atomic mass is 32.2. The minimum atomic E-state index is -4.29. The number of sulfonamides is 1. The van der Waals surface area contributed by atoms with Gasteiger partial charge in [-0.25, -0.2) is 12.8 Å². The first-order valence-electron chi connectivity index (χ1n) is 10.2. The second-order valence-corrected chi connectivity index (χ2v) is 9.08. The van der Waals surface area contributed by atoms with E-state index in [0.717, 1.165) is 17.7 Å². The van der Waals surface area contributed by atoms with Gasteiger partial charge in [0.1, 0.15) is 16.8 Å². The van der Waals surface area contributed by atoms with Crippen LogP contribution < -0.4 is 15.4 Å². The fraction of sp³-hybridized carbons (Fsp3) is 0.167. The largest absolute Gasteiger partial charge is 0.351 e. The van der Waals surface area contributed by atoms with Crippen molar-refractivity contribution in [2.45, 2.75) is 30.8 Å². The van der Waals surface area contributed by atoms with Crippen LogP contribution >= 0.6 is 0 Å². The number of rotatable bonds is 9. The Hall–Kier alpha value is -3.56. The number of carbonyl (C=O) groups excluding carboxylic acids is 2. The quantitative estimate of drug-likeness (QED) is 0.448. The van der Waals surface area contributed by atoms with E-state index in [4.69, 9.17) is 0 Å². The Labute approximate surface area is 192 Å². The number of carbonyl (C=O) groups is 2. The molecule has 0 unspecified atom stereocenters. The van der Waals surface area contributed by atoms with E-state index in [1.54, 1.807) is 48.5 Å². The molecular formula is C24H24FN3O4S. The highest BCUT2D eigenvalue weighted by molar-refractivity contribution is 7.89. The van der Waals surface area contributed by atoms with Gasteiger partial charge < -0.3 is 10.6 Å². The highest BCUT2D eigenvalue weighted by Gasteiger charge is 2.27. The van der Waals surface area contributed by atoms with Gasteiger partial charge in [-0.05, 0) is 41.8 Å². The number of anilines is 1. The van der Waals surface area contributed by atoms with Gasteiger partial charge in [0.2, 0.25) is 21.8 Å². The lowest BCUT2D eigenvalue weighted by Gasteiger charge is -2.19. The Morgan fingerprint density at radius 1 is 0.909 bits per heavy atom. The molecule has 0 saturated heterocycles. The molecule has 0 radical (unpaired) electrons. The molecule has 0 aliphatic rings. The second-order valence-electron chi connectivity index (χ2n) is 7.39. The molecule has 0 saturated carbocycles. The summed E-state index contributed by atoms with van der Waals surface area (Å²) in [6.45, 7) is 1.50. The van der Waals surface area contributed by atoms with Gasteiger partial charge in [0, 0.05) is 19.2 Å². The maximum Gasteiger partial charge on any atom is 0.244 e. The van der Waals surface area contributed by atoms with Crippen molar-refractivity contribution in [3.8, 4) is 0 Å². The normalized spacial score (nSPS) is 12.1. The Morgan fingerprint density at radius 2 is 1.58 bits per heavy atom. The zero-order valence-corrected chi connectivity index (χ0v) is 18.7. The molecular weight excluding hydrogens is 445 g/mol. The summed E-state index contributed by atoms with van der Waals surface area (Å²) in [6, 6.07) is 19.6. The minimum Gasteiger partial charge on any atom is -0.351 e. The first-order valence-corrected chi connectivity index (χ1v) is 11.7. The highest BCUT2D eigenvalue weighted by Crippen LogP contribution is 2.15. The lowest BCUT2D eigenvalue weighted by molar-refractivity contribution is -0.122. The van der Waals surface area contributed by atoms with Crippen molar-refractivity contribution in [3.05, 3.63) is 95.8 Å². The SMILES string of the molecule is CC(=O)Nc1cccc(CNC(=O)[C@H](Cc2ccccc2)NS(=O)(=O)c2ccccc2F)c1. The standard InChI is InChI=1S/C24H24FN3O4S/c1-17(29)27-20-11-7-10-19(14-20)16-26-24(30)22(15-18-8-3-2-4-9-18)28-33(31,32)23-13-6-5-12-21(23)25/h2-14,22,28H,15-16H2,1H3,(H,26,30)(H,27,29)/t22-/m0/s1. The monoisotopic (exact) mass is 469 g/mol. The molecule has 0 aliphatic carbocycles. The third-order valence-electron chi connectivity index (χ3n) is 4.74. The lowest BCUT2D eigenvalue weighted by atomic mass is 10.1. The fourth-order valence-electron chi connectivity index (χ4n) is 3.23. The van der Waals surface area contributed by atoms with Crippen molar-refractivity contribution in [1.82, 2.24) is 10.0 Å². The number of amides is 2. The van der Waals surface area contributed by atoms with E-state index in [1.807, 2.05) is 6.07 Å². The summed E-state index contributed by atoms with van der Waals surface area (Å²) >= 11 is 0. The summed E-state index contributed by atoms with van der Waals surface area (Å²) in [6.07, 6.45) is 0.0757. The molecule has 0 aliphatic heterocycles. The van der Waals surface area contributed by atoms with Gasteiger partial charge in [-0.2, -0.15) is 4.72 Å². The predicted molar refractivity (Wildman–Crippen MR) is 123 cm³/mol. The van der Waals surface area contributed by atoms with Gasteiger partial charge in [-0.3, -0.25) is 9.59 Å². The smallest absolute Gasteiger partial charge is 0.244 e. The zero-order chi connectivity index (χ0) is 23.8. The molecule has 3 N–H and O–H groups in total. The van der Waals surface area contributed by atoms with Gasteiger partial charge in [-0.15, -0.1) is 0 Å². The van der Waals surface area contributed by atoms with Gasteiger partial charge in [0.05, 0.1) is 0 Å². The number of halogens is 1. The van der Waals surface area contributed by atoms with E-state index in [2.05, 4.69) is 15.4 Å². The average molecular weight is 470 g/mol. The molecule has 0 fully saturated rings. The Kier molecular flexibility index (Phi) is 7.92. The molecule has 0 bridgehead atoms. The first kappa shape index (κ1) is 24.1. The van der Waals surface area contributed by atoms with Crippen LogP contribution in [0.15, 0.2) is 83.8 Å². The molecule has 3 rings (SSSR count). The summed E-state index contributed by atoms with van der Waals surface area (Å²) in [5.41, 5.74) is 2.03. The van der Waals surface area contributed by atoms with E-state index in [0.29, 0.717) is 11.3 Å². The first-order chi connectivity index (χ1) is 15.7. The van der Waals surface area contributed by atoms with Gasteiger partial charge >= 0.3 is 0 Å². The van der Waals surface area contributed by atoms with E-state index in [1.165, 1.54) is 19.1 Å². The van der Waals surface area contributed by atoms with E-state index in [-0.39, 0.29) is 18.9 Å². The van der Waals surface area contributed by atoms with Crippen molar-refractivity contribution in [3.63, 3.8) is 0 Å². The number of nitrogens with one attached hydrogen (secondary N) is 3. The summed E-state index contributed by atoms with van der Waals surface area (Å²) in [5.74, 6) is -1.69. The molecule has 7 nitrogen and oxygen atoms in total. The van der Waals surface area contributed by atoms with E-state index < -0.39 is 32.7 Å². The maximum atomic E-state index is 14.1. The van der Waals surface area contributed by atoms with Crippen LogP contribution in [0.1, 0.15) is 18.1 Å². The van der Waals surface area contributed by atoms with Crippen LogP contribution in [0.4, 0.5) is 10.1 Å².